The van der Waals surface area contributed by atoms with Crippen molar-refractivity contribution in [3.8, 4) is 0 Å². The van der Waals surface area contributed by atoms with E-state index in [-0.39, 0.29) is 12.2 Å². The van der Waals surface area contributed by atoms with Crippen LogP contribution in [-0.2, 0) is 16.1 Å². The molecule has 1 N–H and O–H groups in total. The van der Waals surface area contributed by atoms with Crippen molar-refractivity contribution in [1.29, 1.82) is 0 Å². The first-order valence-corrected chi connectivity index (χ1v) is 13.6. The molecule has 0 fully saturated rings. The van der Waals surface area contributed by atoms with E-state index >= 15 is 0 Å². The Labute approximate surface area is 199 Å². The Morgan fingerprint density at radius 2 is 1.19 bits per heavy atom. The largest absolute Gasteiger partial charge is 0.390 e. The second-order valence-electron chi connectivity index (χ2n) is 9.41. The molecule has 3 heteroatoms. The summed E-state index contributed by atoms with van der Waals surface area (Å²) < 4.78 is 12.1. The van der Waals surface area contributed by atoms with Crippen LogP contribution in [-0.4, -0.2) is 30.0 Å². The van der Waals surface area contributed by atoms with Crippen molar-refractivity contribution in [3.63, 3.8) is 0 Å². The molecule has 0 bridgehead atoms. The van der Waals surface area contributed by atoms with Crippen LogP contribution in [0.4, 0.5) is 0 Å². The number of aliphatic hydroxyl groups is 1. The Kier molecular flexibility index (Phi) is 18.8. The Morgan fingerprint density at radius 1 is 0.688 bits per heavy atom. The maximum Gasteiger partial charge on any atom is 0.110 e. The molecule has 0 aromatic heterocycles. The smallest absolute Gasteiger partial charge is 0.110 e. The second kappa shape index (κ2) is 20.7. The SMILES string of the molecule is CCCCCCCCCCCCCCCCOC(C)C(OCc1ccccc1)C(O)CC. The summed E-state index contributed by atoms with van der Waals surface area (Å²) in [7, 11) is 0. The maximum absolute atomic E-state index is 10.4. The molecule has 3 atom stereocenters. The van der Waals surface area contributed by atoms with E-state index in [1.807, 2.05) is 32.0 Å². The lowest BCUT2D eigenvalue weighted by atomic mass is 10.0. The van der Waals surface area contributed by atoms with Crippen molar-refractivity contribution in [2.24, 2.45) is 0 Å². The van der Waals surface area contributed by atoms with E-state index in [1.165, 1.54) is 83.5 Å². The van der Waals surface area contributed by atoms with Crippen molar-refractivity contribution in [3.05, 3.63) is 35.9 Å². The van der Waals surface area contributed by atoms with E-state index in [4.69, 9.17) is 9.47 Å². The standard InChI is InChI=1S/C29H52O3/c1-4-6-7-8-9-10-11-12-13-14-15-16-17-21-24-31-26(3)29(28(30)5-2)32-25-27-22-19-18-20-23-27/h18-20,22-23,26,28-30H,4-17,21,24-25H2,1-3H3. The highest BCUT2D eigenvalue weighted by Gasteiger charge is 2.25. The quantitative estimate of drug-likeness (QED) is 0.182. The lowest BCUT2D eigenvalue weighted by Gasteiger charge is -2.28. The van der Waals surface area contributed by atoms with Crippen molar-refractivity contribution in [2.45, 2.75) is 142 Å². The number of benzene rings is 1. The molecule has 0 aliphatic carbocycles. The van der Waals surface area contributed by atoms with Crippen LogP contribution in [0.3, 0.4) is 0 Å². The van der Waals surface area contributed by atoms with Crippen LogP contribution in [0.25, 0.3) is 0 Å². The summed E-state index contributed by atoms with van der Waals surface area (Å²) in [4.78, 5) is 0. The van der Waals surface area contributed by atoms with E-state index in [0.717, 1.165) is 18.6 Å². The van der Waals surface area contributed by atoms with Crippen LogP contribution >= 0.6 is 0 Å². The monoisotopic (exact) mass is 448 g/mol. The lowest BCUT2D eigenvalue weighted by Crippen LogP contribution is -2.39. The van der Waals surface area contributed by atoms with Crippen molar-refractivity contribution in [1.82, 2.24) is 0 Å². The third-order valence-corrected chi connectivity index (χ3v) is 6.42. The van der Waals surface area contributed by atoms with Crippen molar-refractivity contribution >= 4 is 0 Å². The Bertz CT molecular complexity index is 504. The van der Waals surface area contributed by atoms with Crippen molar-refractivity contribution < 1.29 is 14.6 Å². The fraction of sp³-hybridized carbons (Fsp3) is 0.793. The topological polar surface area (TPSA) is 38.7 Å². The molecule has 1 aromatic rings. The third kappa shape index (κ3) is 15.0. The van der Waals surface area contributed by atoms with Gasteiger partial charge in [-0.3, -0.25) is 0 Å². The van der Waals surface area contributed by atoms with E-state index < -0.39 is 6.10 Å². The molecule has 0 radical (unpaired) electrons. The third-order valence-electron chi connectivity index (χ3n) is 6.42. The van der Waals surface area contributed by atoms with Gasteiger partial charge in [0.1, 0.15) is 6.10 Å². The van der Waals surface area contributed by atoms with E-state index in [0.29, 0.717) is 13.0 Å². The summed E-state index contributed by atoms with van der Waals surface area (Å²) in [6.45, 7) is 7.56. The molecule has 0 saturated heterocycles. The molecule has 0 spiro atoms. The predicted molar refractivity (Wildman–Crippen MR) is 137 cm³/mol. The Balaban J connectivity index is 2.01. The fourth-order valence-corrected chi connectivity index (χ4v) is 4.22. The molecule has 1 rings (SSSR count). The average molecular weight is 449 g/mol. The minimum atomic E-state index is -0.495. The molecule has 0 heterocycles. The van der Waals surface area contributed by atoms with Gasteiger partial charge in [0.25, 0.3) is 0 Å². The van der Waals surface area contributed by atoms with Crippen LogP contribution < -0.4 is 0 Å². The molecule has 0 aliphatic heterocycles. The van der Waals surface area contributed by atoms with E-state index in [1.54, 1.807) is 0 Å². The molecule has 0 aliphatic rings. The molecule has 0 saturated carbocycles. The zero-order valence-electron chi connectivity index (χ0n) is 21.4. The molecule has 0 amide bonds. The fourth-order valence-electron chi connectivity index (χ4n) is 4.22. The van der Waals surface area contributed by atoms with Gasteiger partial charge in [-0.1, -0.05) is 128 Å². The van der Waals surface area contributed by atoms with Gasteiger partial charge >= 0.3 is 0 Å². The van der Waals surface area contributed by atoms with Gasteiger partial charge in [0, 0.05) is 6.61 Å². The van der Waals surface area contributed by atoms with Gasteiger partial charge in [-0.15, -0.1) is 0 Å². The Hall–Kier alpha value is -0.900. The summed E-state index contributed by atoms with van der Waals surface area (Å²) >= 11 is 0. The van der Waals surface area contributed by atoms with Gasteiger partial charge in [-0.2, -0.15) is 0 Å². The maximum atomic E-state index is 10.4. The number of hydrogen-bond acceptors (Lipinski definition) is 3. The van der Waals surface area contributed by atoms with Gasteiger partial charge in [0.15, 0.2) is 0 Å². The second-order valence-corrected chi connectivity index (χ2v) is 9.41. The molecule has 186 valence electrons. The number of rotatable bonds is 22. The summed E-state index contributed by atoms with van der Waals surface area (Å²) in [6, 6.07) is 10.1. The molecule has 3 unspecified atom stereocenters. The van der Waals surface area contributed by atoms with Gasteiger partial charge in [0.2, 0.25) is 0 Å². The van der Waals surface area contributed by atoms with E-state index in [2.05, 4.69) is 19.1 Å². The zero-order valence-corrected chi connectivity index (χ0v) is 21.4. The molecule has 1 aromatic carbocycles. The first-order valence-electron chi connectivity index (χ1n) is 13.6. The summed E-state index contributed by atoms with van der Waals surface area (Å²) in [5.74, 6) is 0. The highest BCUT2D eigenvalue weighted by Crippen LogP contribution is 2.16. The minimum absolute atomic E-state index is 0.101. The first kappa shape index (κ1) is 29.1. The van der Waals surface area contributed by atoms with Crippen LogP contribution in [0.2, 0.25) is 0 Å². The highest BCUT2D eigenvalue weighted by atomic mass is 16.5. The van der Waals surface area contributed by atoms with Gasteiger partial charge in [0.05, 0.1) is 18.8 Å². The van der Waals surface area contributed by atoms with Gasteiger partial charge in [-0.05, 0) is 25.3 Å². The predicted octanol–water partition coefficient (Wildman–Crippen LogP) is 8.23. The summed E-state index contributed by atoms with van der Waals surface area (Å²) in [5, 5.41) is 10.4. The summed E-state index contributed by atoms with van der Waals surface area (Å²) in [5.41, 5.74) is 1.12. The van der Waals surface area contributed by atoms with Crippen LogP contribution in [0.5, 0.6) is 0 Å². The minimum Gasteiger partial charge on any atom is -0.390 e. The van der Waals surface area contributed by atoms with Crippen LogP contribution in [0.15, 0.2) is 30.3 Å². The number of unbranched alkanes of at least 4 members (excludes halogenated alkanes) is 13. The number of aliphatic hydroxyl groups excluding tert-OH is 1. The molecular formula is C29H52O3. The van der Waals surface area contributed by atoms with Crippen LogP contribution in [0, 0.1) is 0 Å². The van der Waals surface area contributed by atoms with Crippen molar-refractivity contribution in [2.75, 3.05) is 6.61 Å². The lowest BCUT2D eigenvalue weighted by molar-refractivity contribution is -0.122. The zero-order chi connectivity index (χ0) is 23.3. The van der Waals surface area contributed by atoms with E-state index in [9.17, 15) is 5.11 Å². The van der Waals surface area contributed by atoms with Gasteiger partial charge in [-0.25, -0.2) is 0 Å². The first-order chi connectivity index (χ1) is 15.7. The normalized spacial score (nSPS) is 14.4. The molecule has 32 heavy (non-hydrogen) atoms. The van der Waals surface area contributed by atoms with Crippen LogP contribution in [0.1, 0.15) is 123 Å². The Morgan fingerprint density at radius 3 is 1.69 bits per heavy atom. The molecular weight excluding hydrogens is 396 g/mol. The average Bonchev–Trinajstić information content (AvgIpc) is 2.82. The number of hydrogen-bond donors (Lipinski definition) is 1. The summed E-state index contributed by atoms with van der Waals surface area (Å²) in [6.07, 6.45) is 18.9. The number of ether oxygens (including phenoxy) is 2. The van der Waals surface area contributed by atoms with Gasteiger partial charge < -0.3 is 14.6 Å². The highest BCUT2D eigenvalue weighted by molar-refractivity contribution is 5.13. The molecule has 3 nitrogen and oxygen atoms in total.